The third-order valence-corrected chi connectivity index (χ3v) is 8.78. The van der Waals surface area contributed by atoms with E-state index in [0.29, 0.717) is 11.3 Å². The first kappa shape index (κ1) is 31.4. The number of carbonyl (C=O) groups excluding carboxylic acids is 3. The lowest BCUT2D eigenvalue weighted by Gasteiger charge is -2.12. The van der Waals surface area contributed by atoms with E-state index in [4.69, 9.17) is 0 Å². The summed E-state index contributed by atoms with van der Waals surface area (Å²) in [5, 5.41) is 10.9. The molecule has 0 bridgehead atoms. The molecule has 0 atom stereocenters. The largest absolute Gasteiger partial charge is 0.341 e. The van der Waals surface area contributed by atoms with Crippen LogP contribution in [0.25, 0.3) is 27.9 Å². The molecule has 0 fully saturated rings. The van der Waals surface area contributed by atoms with E-state index in [0.717, 1.165) is 39.2 Å². The van der Waals surface area contributed by atoms with E-state index < -0.39 is 5.91 Å². The number of hydrogen-bond acceptors (Lipinski definition) is 4. The molecule has 0 saturated carbocycles. The number of anilines is 2. The number of benzene rings is 5. The van der Waals surface area contributed by atoms with Gasteiger partial charge in [-0.05, 0) is 86.2 Å². The van der Waals surface area contributed by atoms with Crippen molar-refractivity contribution in [2.24, 2.45) is 0 Å². The monoisotopic (exact) mass is 638 g/mol. The fourth-order valence-corrected chi connectivity index (χ4v) is 6.12. The van der Waals surface area contributed by atoms with E-state index in [1.807, 2.05) is 73.7 Å². The van der Waals surface area contributed by atoms with Gasteiger partial charge in [0.25, 0.3) is 11.8 Å². The summed E-state index contributed by atoms with van der Waals surface area (Å²) in [4.78, 5) is 40.0. The van der Waals surface area contributed by atoms with Gasteiger partial charge in [0, 0.05) is 50.2 Å². The maximum Gasteiger partial charge on any atom is 0.272 e. The number of carbonyl (C=O) groups is 3. The number of fused-ring (bicyclic) bond motifs is 3. The highest BCUT2D eigenvalue weighted by atomic mass is 32.2. The third-order valence-electron chi connectivity index (χ3n) is 7.77. The molecule has 1 heterocycles. The first-order chi connectivity index (χ1) is 22.9. The fraction of sp³-hybridized carbons (Fsp3) is 0.103. The van der Waals surface area contributed by atoms with Crippen LogP contribution in [0, 0.1) is 6.92 Å². The Hall–Kier alpha value is -5.60. The maximum atomic E-state index is 13.3. The summed E-state index contributed by atoms with van der Waals surface area (Å²) in [6, 6.07) is 38.0. The van der Waals surface area contributed by atoms with Crippen molar-refractivity contribution in [1.82, 2.24) is 9.88 Å². The molecule has 0 aliphatic carbocycles. The van der Waals surface area contributed by atoms with Crippen LogP contribution in [0.3, 0.4) is 0 Å². The highest BCUT2D eigenvalue weighted by molar-refractivity contribution is 8.00. The molecule has 0 radical (unpaired) electrons. The normalized spacial score (nSPS) is 11.4. The van der Waals surface area contributed by atoms with Gasteiger partial charge in [0.2, 0.25) is 5.91 Å². The number of nitrogens with zero attached hydrogens (tertiary/aromatic N) is 1. The number of nitrogens with one attached hydrogen (secondary N) is 3. The summed E-state index contributed by atoms with van der Waals surface area (Å²) in [5.41, 5.74) is 6.09. The van der Waals surface area contributed by atoms with Gasteiger partial charge in [0.15, 0.2) is 0 Å². The van der Waals surface area contributed by atoms with Gasteiger partial charge >= 0.3 is 0 Å². The fourth-order valence-electron chi connectivity index (χ4n) is 5.42. The second kappa shape index (κ2) is 14.2. The second-order valence-electron chi connectivity index (χ2n) is 11.1. The summed E-state index contributed by atoms with van der Waals surface area (Å²) in [6.07, 6.45) is 1.65. The molecule has 0 aliphatic heterocycles. The van der Waals surface area contributed by atoms with Crippen molar-refractivity contribution in [2.75, 3.05) is 16.4 Å². The van der Waals surface area contributed by atoms with Gasteiger partial charge in [-0.25, -0.2) is 0 Å². The van der Waals surface area contributed by atoms with Crippen molar-refractivity contribution < 1.29 is 14.4 Å². The Kier molecular flexibility index (Phi) is 9.50. The minimum atomic E-state index is -0.450. The SMILES string of the molecule is CCn1c2ccccc2c2cc(NC(=O)CSc3ccc(NC(=O)/C(=C/c4ccc(C)cc4)NC(=O)c4ccccc4)cc3)ccc21. The van der Waals surface area contributed by atoms with Gasteiger partial charge < -0.3 is 20.5 Å². The topological polar surface area (TPSA) is 92.2 Å². The first-order valence-corrected chi connectivity index (χ1v) is 16.4. The lowest BCUT2D eigenvalue weighted by Crippen LogP contribution is -2.30. The van der Waals surface area contributed by atoms with Crippen molar-refractivity contribution in [3.05, 3.63) is 144 Å². The summed E-state index contributed by atoms with van der Waals surface area (Å²) < 4.78 is 2.28. The molecule has 7 nitrogen and oxygen atoms in total. The van der Waals surface area contributed by atoms with Crippen LogP contribution in [0.15, 0.2) is 132 Å². The van der Waals surface area contributed by atoms with Gasteiger partial charge in [0.1, 0.15) is 5.70 Å². The third kappa shape index (κ3) is 7.45. The molecule has 3 N–H and O–H groups in total. The lowest BCUT2D eigenvalue weighted by molar-refractivity contribution is -0.114. The van der Waals surface area contributed by atoms with E-state index in [9.17, 15) is 14.4 Å². The van der Waals surface area contributed by atoms with Gasteiger partial charge in [-0.1, -0.05) is 66.2 Å². The molecule has 8 heteroatoms. The summed E-state index contributed by atoms with van der Waals surface area (Å²) in [6.45, 7) is 4.98. The van der Waals surface area contributed by atoms with E-state index in [1.165, 1.54) is 22.7 Å². The van der Waals surface area contributed by atoms with Gasteiger partial charge in [-0.2, -0.15) is 0 Å². The van der Waals surface area contributed by atoms with Crippen molar-refractivity contribution in [2.45, 2.75) is 25.3 Å². The van der Waals surface area contributed by atoms with E-state index in [-0.39, 0.29) is 23.3 Å². The van der Waals surface area contributed by atoms with Crippen molar-refractivity contribution >= 4 is 68.7 Å². The van der Waals surface area contributed by atoms with E-state index in [2.05, 4.69) is 45.6 Å². The van der Waals surface area contributed by atoms with Crippen molar-refractivity contribution in [3.8, 4) is 0 Å². The smallest absolute Gasteiger partial charge is 0.272 e. The lowest BCUT2D eigenvalue weighted by atomic mass is 10.1. The minimum absolute atomic E-state index is 0.106. The number of para-hydroxylation sites is 1. The Morgan fingerprint density at radius 3 is 2.15 bits per heavy atom. The number of thioether (sulfide) groups is 1. The van der Waals surface area contributed by atoms with Crippen molar-refractivity contribution in [1.29, 1.82) is 0 Å². The zero-order valence-electron chi connectivity index (χ0n) is 26.1. The molecular formula is C39H34N4O3S. The Bertz CT molecular complexity index is 2100. The van der Waals surface area contributed by atoms with Crippen LogP contribution < -0.4 is 16.0 Å². The molecule has 234 valence electrons. The van der Waals surface area contributed by atoms with E-state index in [1.54, 1.807) is 42.5 Å². The van der Waals surface area contributed by atoms with E-state index >= 15 is 0 Å². The zero-order valence-corrected chi connectivity index (χ0v) is 26.9. The average Bonchev–Trinajstić information content (AvgIpc) is 3.41. The van der Waals surface area contributed by atoms with Crippen LogP contribution in [-0.2, 0) is 16.1 Å². The van der Waals surface area contributed by atoms with Gasteiger partial charge in [-0.3, -0.25) is 14.4 Å². The first-order valence-electron chi connectivity index (χ1n) is 15.4. The summed E-state index contributed by atoms with van der Waals surface area (Å²) in [7, 11) is 0. The predicted octanol–water partition coefficient (Wildman–Crippen LogP) is 8.26. The van der Waals surface area contributed by atoms with Crippen LogP contribution in [0.2, 0.25) is 0 Å². The predicted molar refractivity (Wildman–Crippen MR) is 193 cm³/mol. The molecule has 6 aromatic rings. The molecule has 0 unspecified atom stereocenters. The zero-order chi connectivity index (χ0) is 32.8. The summed E-state index contributed by atoms with van der Waals surface area (Å²) in [5.74, 6) is -0.702. The van der Waals surface area contributed by atoms with Crippen LogP contribution in [0.4, 0.5) is 11.4 Å². The quantitative estimate of drug-likeness (QED) is 0.104. The van der Waals surface area contributed by atoms with Crippen LogP contribution in [-0.4, -0.2) is 28.0 Å². The van der Waals surface area contributed by atoms with Crippen LogP contribution >= 0.6 is 11.8 Å². The van der Waals surface area contributed by atoms with Crippen LogP contribution in [0.1, 0.15) is 28.4 Å². The molecule has 0 aliphatic rings. The Morgan fingerprint density at radius 1 is 0.723 bits per heavy atom. The molecule has 5 aromatic carbocycles. The van der Waals surface area contributed by atoms with Gasteiger partial charge in [-0.15, -0.1) is 11.8 Å². The number of aromatic nitrogens is 1. The molecule has 6 rings (SSSR count). The Balaban J connectivity index is 1.09. The maximum absolute atomic E-state index is 13.3. The number of aryl methyl sites for hydroxylation is 2. The minimum Gasteiger partial charge on any atom is -0.341 e. The van der Waals surface area contributed by atoms with Crippen molar-refractivity contribution in [3.63, 3.8) is 0 Å². The molecule has 1 aromatic heterocycles. The average molecular weight is 639 g/mol. The molecule has 47 heavy (non-hydrogen) atoms. The Labute approximate surface area is 277 Å². The molecule has 0 saturated heterocycles. The highest BCUT2D eigenvalue weighted by Gasteiger charge is 2.16. The summed E-state index contributed by atoms with van der Waals surface area (Å²) >= 11 is 1.41. The molecule has 3 amide bonds. The highest BCUT2D eigenvalue weighted by Crippen LogP contribution is 2.31. The van der Waals surface area contributed by atoms with Crippen LogP contribution in [0.5, 0.6) is 0 Å². The van der Waals surface area contributed by atoms with Gasteiger partial charge in [0.05, 0.1) is 5.75 Å². The number of hydrogen-bond donors (Lipinski definition) is 3. The molecular weight excluding hydrogens is 605 g/mol. The second-order valence-corrected chi connectivity index (χ2v) is 12.1. The standard InChI is InChI=1S/C39H34N4O3S/c1-3-43-35-12-8-7-11-32(35)33-24-30(19-22-36(33)43)40-37(44)25-47-31-20-17-29(18-21-31)41-39(46)34(23-27-15-13-26(2)14-16-27)42-38(45)28-9-5-4-6-10-28/h4-24H,3,25H2,1-2H3,(H,40,44)(H,41,46)(H,42,45)/b34-23-. The molecule has 0 spiro atoms. The Morgan fingerprint density at radius 2 is 1.40 bits per heavy atom. The number of amides is 3. The number of rotatable bonds is 10.